The Hall–Kier alpha value is -3.28. The zero-order chi connectivity index (χ0) is 19.6. The number of carbonyl (C=O) groups excluding carboxylic acids is 1. The number of carbonyl (C=O) groups is 1. The molecule has 3 aromatic rings. The van der Waals surface area contributed by atoms with Crippen molar-refractivity contribution in [3.63, 3.8) is 0 Å². The Kier molecular flexibility index (Phi) is 4.68. The number of aromatic nitrogens is 2. The molecule has 2 heterocycles. The largest absolute Gasteiger partial charge is 0.454 e. The SMILES string of the molecule is O=C(CC(c1ccccc1)c1ccc2c(c1)OCO2)NCc1n[nH]c2c1CCC2. The summed E-state index contributed by atoms with van der Waals surface area (Å²) < 4.78 is 11.0. The van der Waals surface area contributed by atoms with Crippen LogP contribution in [0.4, 0.5) is 0 Å². The molecule has 148 valence electrons. The molecule has 1 aromatic heterocycles. The summed E-state index contributed by atoms with van der Waals surface area (Å²) in [5.74, 6) is 1.43. The smallest absolute Gasteiger partial charge is 0.231 e. The van der Waals surface area contributed by atoms with Gasteiger partial charge in [-0.25, -0.2) is 0 Å². The van der Waals surface area contributed by atoms with Crippen molar-refractivity contribution in [2.45, 2.75) is 38.1 Å². The van der Waals surface area contributed by atoms with E-state index in [-0.39, 0.29) is 18.6 Å². The Morgan fingerprint density at radius 1 is 1.07 bits per heavy atom. The van der Waals surface area contributed by atoms with E-state index in [2.05, 4.69) is 27.6 Å². The Morgan fingerprint density at radius 2 is 1.93 bits per heavy atom. The molecule has 2 aliphatic rings. The van der Waals surface area contributed by atoms with E-state index >= 15 is 0 Å². The first-order valence-electron chi connectivity index (χ1n) is 10.0. The summed E-state index contributed by atoms with van der Waals surface area (Å²) >= 11 is 0. The van der Waals surface area contributed by atoms with Crippen LogP contribution in [0.1, 0.15) is 46.8 Å². The molecule has 0 fully saturated rings. The fourth-order valence-corrected chi connectivity index (χ4v) is 4.22. The summed E-state index contributed by atoms with van der Waals surface area (Å²) in [6.07, 6.45) is 3.61. The van der Waals surface area contributed by atoms with Crippen LogP contribution in [0.2, 0.25) is 0 Å². The average Bonchev–Trinajstić information content (AvgIpc) is 3.48. The number of aryl methyl sites for hydroxylation is 1. The summed E-state index contributed by atoms with van der Waals surface area (Å²) in [7, 11) is 0. The fourth-order valence-electron chi connectivity index (χ4n) is 4.22. The first kappa shape index (κ1) is 17.8. The van der Waals surface area contributed by atoms with Gasteiger partial charge in [0.05, 0.1) is 12.2 Å². The monoisotopic (exact) mass is 389 g/mol. The molecule has 1 unspecified atom stereocenters. The fraction of sp³-hybridized carbons (Fsp3) is 0.304. The third-order valence-electron chi connectivity index (χ3n) is 5.74. The quantitative estimate of drug-likeness (QED) is 0.677. The van der Waals surface area contributed by atoms with Crippen molar-refractivity contribution in [1.29, 1.82) is 0 Å². The molecule has 0 spiro atoms. The van der Waals surface area contributed by atoms with Crippen LogP contribution in [0, 0.1) is 0 Å². The van der Waals surface area contributed by atoms with Gasteiger partial charge in [0.15, 0.2) is 11.5 Å². The normalized spacial score (nSPS) is 15.2. The third kappa shape index (κ3) is 3.58. The van der Waals surface area contributed by atoms with Crippen LogP contribution >= 0.6 is 0 Å². The molecule has 1 aliphatic carbocycles. The summed E-state index contributed by atoms with van der Waals surface area (Å²) in [6, 6.07) is 16.0. The second kappa shape index (κ2) is 7.62. The molecule has 5 rings (SSSR count). The van der Waals surface area contributed by atoms with Gasteiger partial charge in [0, 0.05) is 18.0 Å². The molecular formula is C23H23N3O3. The van der Waals surface area contributed by atoms with Crippen LogP contribution < -0.4 is 14.8 Å². The minimum absolute atomic E-state index is 0.00580. The molecule has 2 aromatic carbocycles. The van der Waals surface area contributed by atoms with Crippen LogP contribution in [0.5, 0.6) is 11.5 Å². The summed E-state index contributed by atoms with van der Waals surface area (Å²) in [5.41, 5.74) is 5.60. The predicted octanol–water partition coefficient (Wildman–Crippen LogP) is 3.47. The van der Waals surface area contributed by atoms with Gasteiger partial charge in [-0.05, 0) is 48.1 Å². The maximum atomic E-state index is 12.8. The van der Waals surface area contributed by atoms with Crippen LogP contribution in [-0.4, -0.2) is 22.9 Å². The average molecular weight is 389 g/mol. The van der Waals surface area contributed by atoms with Gasteiger partial charge < -0.3 is 14.8 Å². The number of rotatable bonds is 6. The number of fused-ring (bicyclic) bond motifs is 2. The minimum atomic E-state index is -0.0596. The van der Waals surface area contributed by atoms with Crippen LogP contribution in [0.25, 0.3) is 0 Å². The highest BCUT2D eigenvalue weighted by molar-refractivity contribution is 5.77. The molecule has 0 bridgehead atoms. The predicted molar refractivity (Wildman–Crippen MR) is 108 cm³/mol. The number of nitrogens with zero attached hydrogens (tertiary/aromatic N) is 1. The molecule has 6 nitrogen and oxygen atoms in total. The number of aromatic amines is 1. The number of hydrogen-bond donors (Lipinski definition) is 2. The topological polar surface area (TPSA) is 76.2 Å². The van der Waals surface area contributed by atoms with Gasteiger partial charge in [-0.2, -0.15) is 5.10 Å². The molecule has 1 aliphatic heterocycles. The molecule has 6 heteroatoms. The Bertz CT molecular complexity index is 1030. The van der Waals surface area contributed by atoms with Gasteiger partial charge in [0.2, 0.25) is 12.7 Å². The lowest BCUT2D eigenvalue weighted by molar-refractivity contribution is -0.121. The number of ether oxygens (including phenoxy) is 2. The lowest BCUT2D eigenvalue weighted by Crippen LogP contribution is -2.25. The molecule has 0 radical (unpaired) electrons. The molecule has 1 atom stereocenters. The Labute approximate surface area is 169 Å². The van der Waals surface area contributed by atoms with E-state index < -0.39 is 0 Å². The van der Waals surface area contributed by atoms with E-state index in [0.29, 0.717) is 13.0 Å². The lowest BCUT2D eigenvalue weighted by Gasteiger charge is -2.18. The highest BCUT2D eigenvalue weighted by atomic mass is 16.7. The minimum Gasteiger partial charge on any atom is -0.454 e. The Balaban J connectivity index is 1.33. The molecule has 1 amide bonds. The van der Waals surface area contributed by atoms with Crippen molar-refractivity contribution in [3.8, 4) is 11.5 Å². The standard InChI is InChI=1S/C23H23N3O3/c27-23(24-13-20-17-7-4-8-19(17)25-26-20)12-18(15-5-2-1-3-6-15)16-9-10-21-22(11-16)29-14-28-21/h1-3,5-6,9-11,18H,4,7-8,12-14H2,(H,24,27)(H,25,26). The van der Waals surface area contributed by atoms with Crippen molar-refractivity contribution < 1.29 is 14.3 Å². The van der Waals surface area contributed by atoms with E-state index in [0.717, 1.165) is 47.6 Å². The Morgan fingerprint density at radius 3 is 2.83 bits per heavy atom. The van der Waals surface area contributed by atoms with Crippen LogP contribution in [-0.2, 0) is 24.2 Å². The van der Waals surface area contributed by atoms with Crippen LogP contribution in [0.15, 0.2) is 48.5 Å². The van der Waals surface area contributed by atoms with E-state index in [1.54, 1.807) is 0 Å². The second-order valence-electron chi connectivity index (χ2n) is 7.54. The molecular weight excluding hydrogens is 366 g/mol. The summed E-state index contributed by atoms with van der Waals surface area (Å²) in [5, 5.41) is 10.5. The van der Waals surface area contributed by atoms with Gasteiger partial charge in [0.25, 0.3) is 0 Å². The number of nitrogens with one attached hydrogen (secondary N) is 2. The second-order valence-corrected chi connectivity index (χ2v) is 7.54. The molecule has 0 saturated heterocycles. The first-order chi connectivity index (χ1) is 14.3. The summed E-state index contributed by atoms with van der Waals surface area (Å²) in [4.78, 5) is 12.8. The lowest BCUT2D eigenvalue weighted by atomic mass is 9.88. The van der Waals surface area contributed by atoms with Crippen molar-refractivity contribution in [2.24, 2.45) is 0 Å². The van der Waals surface area contributed by atoms with E-state index in [4.69, 9.17) is 9.47 Å². The van der Waals surface area contributed by atoms with E-state index in [1.165, 1.54) is 11.3 Å². The zero-order valence-electron chi connectivity index (χ0n) is 16.1. The highest BCUT2D eigenvalue weighted by Crippen LogP contribution is 2.37. The third-order valence-corrected chi connectivity index (χ3v) is 5.74. The van der Waals surface area contributed by atoms with Crippen LogP contribution in [0.3, 0.4) is 0 Å². The van der Waals surface area contributed by atoms with E-state index in [9.17, 15) is 4.79 Å². The van der Waals surface area contributed by atoms with Gasteiger partial charge >= 0.3 is 0 Å². The van der Waals surface area contributed by atoms with Gasteiger partial charge in [-0.1, -0.05) is 36.4 Å². The molecule has 29 heavy (non-hydrogen) atoms. The first-order valence-corrected chi connectivity index (χ1v) is 10.0. The van der Waals surface area contributed by atoms with Gasteiger partial charge in [-0.3, -0.25) is 9.89 Å². The number of amides is 1. The molecule has 2 N–H and O–H groups in total. The van der Waals surface area contributed by atoms with Gasteiger partial charge in [-0.15, -0.1) is 0 Å². The molecule has 0 saturated carbocycles. The maximum absolute atomic E-state index is 12.8. The van der Waals surface area contributed by atoms with Crippen molar-refractivity contribution in [1.82, 2.24) is 15.5 Å². The van der Waals surface area contributed by atoms with Crippen molar-refractivity contribution in [2.75, 3.05) is 6.79 Å². The summed E-state index contributed by atoms with van der Waals surface area (Å²) in [6.45, 7) is 0.705. The number of H-pyrrole nitrogens is 1. The van der Waals surface area contributed by atoms with Gasteiger partial charge in [0.1, 0.15) is 0 Å². The van der Waals surface area contributed by atoms with E-state index in [1.807, 2.05) is 36.4 Å². The zero-order valence-corrected chi connectivity index (χ0v) is 16.1. The van der Waals surface area contributed by atoms with Crippen molar-refractivity contribution >= 4 is 5.91 Å². The number of benzene rings is 2. The maximum Gasteiger partial charge on any atom is 0.231 e. The highest BCUT2D eigenvalue weighted by Gasteiger charge is 2.23. The van der Waals surface area contributed by atoms with Crippen molar-refractivity contribution in [3.05, 3.63) is 76.6 Å². The number of hydrogen-bond acceptors (Lipinski definition) is 4.